The number of hydrogen-bond donors (Lipinski definition) is 0. The number of methoxy groups -OCH3 is 1. The third-order valence-electron chi connectivity index (χ3n) is 4.31. The van der Waals surface area contributed by atoms with Gasteiger partial charge in [-0.05, 0) is 54.4 Å². The topological polar surface area (TPSA) is 55.8 Å². The van der Waals surface area contributed by atoms with Crippen molar-refractivity contribution >= 4 is 29.0 Å². The van der Waals surface area contributed by atoms with Crippen molar-refractivity contribution < 1.29 is 19.1 Å². The molecule has 0 spiro atoms. The minimum absolute atomic E-state index is 0.231. The first-order valence-electron chi connectivity index (χ1n) is 9.09. The van der Waals surface area contributed by atoms with Gasteiger partial charge in [0.05, 0.1) is 4.91 Å². The molecule has 1 aliphatic heterocycles. The van der Waals surface area contributed by atoms with E-state index in [2.05, 4.69) is 19.1 Å². The average Bonchev–Trinajstić information content (AvgIpc) is 2.96. The fourth-order valence-corrected chi connectivity index (χ4v) is 3.59. The molecule has 0 saturated carbocycles. The van der Waals surface area contributed by atoms with Crippen molar-refractivity contribution in [2.75, 3.05) is 20.3 Å². The second-order valence-electron chi connectivity index (χ2n) is 6.52. The molecule has 0 atom stereocenters. The summed E-state index contributed by atoms with van der Waals surface area (Å²) in [6.07, 6.45) is 2.37. The van der Waals surface area contributed by atoms with Gasteiger partial charge in [0.1, 0.15) is 12.4 Å². The molecule has 0 radical (unpaired) electrons. The lowest BCUT2D eigenvalue weighted by molar-refractivity contribution is -0.122. The highest BCUT2D eigenvalue weighted by molar-refractivity contribution is 8.18. The number of carbonyl (C=O) groups is 2. The van der Waals surface area contributed by atoms with E-state index in [4.69, 9.17) is 9.47 Å². The summed E-state index contributed by atoms with van der Waals surface area (Å²) in [6.45, 7) is 3.45. The predicted octanol–water partition coefficient (Wildman–Crippen LogP) is 4.65. The van der Waals surface area contributed by atoms with E-state index in [1.54, 1.807) is 13.2 Å². The second kappa shape index (κ2) is 9.57. The monoisotopic (exact) mass is 397 g/mol. The van der Waals surface area contributed by atoms with Crippen molar-refractivity contribution in [1.82, 2.24) is 4.90 Å². The van der Waals surface area contributed by atoms with E-state index in [0.717, 1.165) is 28.6 Å². The van der Waals surface area contributed by atoms with Crippen LogP contribution in [0, 0.1) is 6.92 Å². The van der Waals surface area contributed by atoms with Gasteiger partial charge in [0.25, 0.3) is 11.1 Å². The Kier molecular flexibility index (Phi) is 6.90. The summed E-state index contributed by atoms with van der Waals surface area (Å²) in [5.41, 5.74) is 3.18. The minimum atomic E-state index is -0.245. The van der Waals surface area contributed by atoms with Crippen LogP contribution in [0.15, 0.2) is 53.4 Å². The standard InChI is InChI=1S/C22H23NO4S/c1-16-4-6-18(7-5-16)15-27-19-10-8-17(9-11-19)14-20-21(24)23(22(25)28-20)12-3-13-26-2/h4-11,14H,3,12-13,15H2,1-2H3/b20-14+. The van der Waals surface area contributed by atoms with Crippen molar-refractivity contribution in [2.45, 2.75) is 20.0 Å². The number of benzene rings is 2. The maximum absolute atomic E-state index is 12.4. The second-order valence-corrected chi connectivity index (χ2v) is 7.52. The van der Waals surface area contributed by atoms with E-state index in [9.17, 15) is 9.59 Å². The Labute approximate surface area is 169 Å². The molecule has 0 bridgehead atoms. The third-order valence-corrected chi connectivity index (χ3v) is 5.22. The lowest BCUT2D eigenvalue weighted by Gasteiger charge is -2.11. The smallest absolute Gasteiger partial charge is 0.293 e. The van der Waals surface area contributed by atoms with Gasteiger partial charge in [0.15, 0.2) is 0 Å². The van der Waals surface area contributed by atoms with Gasteiger partial charge >= 0.3 is 0 Å². The summed E-state index contributed by atoms with van der Waals surface area (Å²) >= 11 is 0.974. The Hall–Kier alpha value is -2.57. The maximum Gasteiger partial charge on any atom is 0.293 e. The largest absolute Gasteiger partial charge is 0.489 e. The predicted molar refractivity (Wildman–Crippen MR) is 111 cm³/mol. The van der Waals surface area contributed by atoms with E-state index in [0.29, 0.717) is 31.1 Å². The number of hydrogen-bond acceptors (Lipinski definition) is 5. The highest BCUT2D eigenvalue weighted by Crippen LogP contribution is 2.32. The van der Waals surface area contributed by atoms with Gasteiger partial charge < -0.3 is 9.47 Å². The Balaban J connectivity index is 1.59. The van der Waals surface area contributed by atoms with Crippen molar-refractivity contribution in [1.29, 1.82) is 0 Å². The Morgan fingerprint density at radius 2 is 1.75 bits per heavy atom. The third kappa shape index (κ3) is 5.24. The van der Waals surface area contributed by atoms with Crippen LogP contribution in [0.25, 0.3) is 6.08 Å². The summed E-state index contributed by atoms with van der Waals surface area (Å²) in [5, 5.41) is -0.231. The molecule has 0 aliphatic carbocycles. The van der Waals surface area contributed by atoms with Gasteiger partial charge in [-0.1, -0.05) is 42.0 Å². The molecule has 0 aromatic heterocycles. The van der Waals surface area contributed by atoms with Gasteiger partial charge in [0, 0.05) is 20.3 Å². The Morgan fingerprint density at radius 1 is 1.04 bits per heavy atom. The molecule has 0 N–H and O–H groups in total. The van der Waals surface area contributed by atoms with Gasteiger partial charge in [-0.3, -0.25) is 14.5 Å². The molecule has 1 saturated heterocycles. The van der Waals surface area contributed by atoms with Crippen molar-refractivity contribution in [2.24, 2.45) is 0 Å². The number of imide groups is 1. The molecule has 5 nitrogen and oxygen atoms in total. The van der Waals surface area contributed by atoms with E-state index in [-0.39, 0.29) is 11.1 Å². The summed E-state index contributed by atoms with van der Waals surface area (Å²) in [7, 11) is 1.60. The number of carbonyl (C=O) groups excluding carboxylic acids is 2. The van der Waals surface area contributed by atoms with Crippen LogP contribution >= 0.6 is 11.8 Å². The molecule has 1 aliphatic rings. The van der Waals surface area contributed by atoms with Crippen molar-refractivity contribution in [3.63, 3.8) is 0 Å². The number of thioether (sulfide) groups is 1. The zero-order chi connectivity index (χ0) is 19.9. The lowest BCUT2D eigenvalue weighted by Crippen LogP contribution is -2.29. The molecular weight excluding hydrogens is 374 g/mol. The number of aryl methyl sites for hydroxylation is 1. The van der Waals surface area contributed by atoms with Gasteiger partial charge in [-0.15, -0.1) is 0 Å². The summed E-state index contributed by atoms with van der Waals surface area (Å²) < 4.78 is 10.8. The van der Waals surface area contributed by atoms with Crippen LogP contribution in [0.4, 0.5) is 4.79 Å². The fourth-order valence-electron chi connectivity index (χ4n) is 2.72. The fraction of sp³-hybridized carbons (Fsp3) is 0.273. The molecule has 3 rings (SSSR count). The summed E-state index contributed by atoms with van der Waals surface area (Å²) in [5.74, 6) is 0.510. The lowest BCUT2D eigenvalue weighted by atomic mass is 10.1. The summed E-state index contributed by atoms with van der Waals surface area (Å²) in [4.78, 5) is 26.2. The molecule has 0 unspecified atom stereocenters. The normalized spacial score (nSPS) is 15.5. The van der Waals surface area contributed by atoms with Crippen LogP contribution in [0.5, 0.6) is 5.75 Å². The van der Waals surface area contributed by atoms with E-state index in [1.807, 2.05) is 36.4 Å². The molecule has 28 heavy (non-hydrogen) atoms. The van der Waals surface area contributed by atoms with Gasteiger partial charge in [-0.2, -0.15) is 0 Å². The zero-order valence-corrected chi connectivity index (χ0v) is 16.8. The van der Waals surface area contributed by atoms with E-state index >= 15 is 0 Å². The SMILES string of the molecule is COCCCN1C(=O)S/C(=C/c2ccc(OCc3ccc(C)cc3)cc2)C1=O. The van der Waals surface area contributed by atoms with E-state index < -0.39 is 0 Å². The quantitative estimate of drug-likeness (QED) is 0.479. The first-order chi connectivity index (χ1) is 13.6. The zero-order valence-electron chi connectivity index (χ0n) is 16.0. The van der Waals surface area contributed by atoms with Crippen molar-refractivity contribution in [3.8, 4) is 5.75 Å². The highest BCUT2D eigenvalue weighted by atomic mass is 32.2. The number of amides is 2. The van der Waals surface area contributed by atoms with Crippen LogP contribution in [-0.4, -0.2) is 36.3 Å². The maximum atomic E-state index is 12.4. The number of nitrogens with zero attached hydrogens (tertiary/aromatic N) is 1. The first kappa shape index (κ1) is 20.2. The molecule has 6 heteroatoms. The summed E-state index contributed by atoms with van der Waals surface area (Å²) in [6, 6.07) is 15.7. The molecule has 2 aromatic rings. The van der Waals surface area contributed by atoms with Crippen molar-refractivity contribution in [3.05, 3.63) is 70.1 Å². The molecule has 146 valence electrons. The van der Waals surface area contributed by atoms with Crippen LogP contribution < -0.4 is 4.74 Å². The minimum Gasteiger partial charge on any atom is -0.489 e. The Morgan fingerprint density at radius 3 is 2.43 bits per heavy atom. The first-order valence-corrected chi connectivity index (χ1v) is 9.91. The average molecular weight is 397 g/mol. The van der Waals surface area contributed by atoms with Crippen LogP contribution in [0.1, 0.15) is 23.1 Å². The molecular formula is C22H23NO4S. The van der Waals surface area contributed by atoms with E-state index in [1.165, 1.54) is 10.5 Å². The number of ether oxygens (including phenoxy) is 2. The highest BCUT2D eigenvalue weighted by Gasteiger charge is 2.34. The van der Waals surface area contributed by atoms with Crippen LogP contribution in [-0.2, 0) is 16.1 Å². The molecule has 2 amide bonds. The van der Waals surface area contributed by atoms with Crippen LogP contribution in [0.2, 0.25) is 0 Å². The molecule has 1 fully saturated rings. The molecule has 2 aromatic carbocycles. The van der Waals surface area contributed by atoms with Gasteiger partial charge in [-0.25, -0.2) is 0 Å². The molecule has 1 heterocycles. The number of rotatable bonds is 8. The van der Waals surface area contributed by atoms with Gasteiger partial charge in [0.2, 0.25) is 0 Å². The Bertz CT molecular complexity index is 859. The van der Waals surface area contributed by atoms with Crippen LogP contribution in [0.3, 0.4) is 0 Å².